The highest BCUT2D eigenvalue weighted by Gasteiger charge is 2.24. The Hall–Kier alpha value is -1.69. The molecule has 6 heteroatoms. The van der Waals surface area contributed by atoms with Crippen molar-refractivity contribution in [1.29, 1.82) is 0 Å². The number of rotatable bonds is 4. The highest BCUT2D eigenvalue weighted by Crippen LogP contribution is 2.21. The van der Waals surface area contributed by atoms with E-state index in [4.69, 9.17) is 0 Å². The number of amides is 1. The monoisotopic (exact) mass is 304 g/mol. The van der Waals surface area contributed by atoms with Crippen LogP contribution in [-0.4, -0.2) is 39.1 Å². The SMILES string of the molecule is Cc1nc(CC(=O)N2CCCC(Cc3ccn[nH]3)C2)cs1. The van der Waals surface area contributed by atoms with E-state index in [1.54, 1.807) is 17.5 Å². The van der Waals surface area contributed by atoms with E-state index < -0.39 is 0 Å². The van der Waals surface area contributed by atoms with Crippen molar-refractivity contribution in [2.75, 3.05) is 13.1 Å². The number of H-pyrrole nitrogens is 1. The molecule has 0 bridgehead atoms. The van der Waals surface area contributed by atoms with Gasteiger partial charge < -0.3 is 4.90 Å². The number of carbonyl (C=O) groups is 1. The molecule has 0 radical (unpaired) electrons. The quantitative estimate of drug-likeness (QED) is 0.942. The number of aryl methyl sites for hydroxylation is 1. The van der Waals surface area contributed by atoms with Crippen molar-refractivity contribution in [1.82, 2.24) is 20.1 Å². The minimum absolute atomic E-state index is 0.203. The van der Waals surface area contributed by atoms with Crippen molar-refractivity contribution >= 4 is 17.2 Å². The van der Waals surface area contributed by atoms with E-state index in [1.807, 2.05) is 23.3 Å². The third kappa shape index (κ3) is 3.69. The maximum Gasteiger partial charge on any atom is 0.228 e. The van der Waals surface area contributed by atoms with Crippen molar-refractivity contribution in [3.05, 3.63) is 34.0 Å². The molecule has 0 spiro atoms. The Morgan fingerprint density at radius 2 is 2.48 bits per heavy atom. The van der Waals surface area contributed by atoms with Crippen LogP contribution in [0, 0.1) is 12.8 Å². The number of nitrogens with zero attached hydrogens (tertiary/aromatic N) is 3. The summed E-state index contributed by atoms with van der Waals surface area (Å²) in [5.41, 5.74) is 2.06. The van der Waals surface area contributed by atoms with Gasteiger partial charge in [-0.15, -0.1) is 11.3 Å². The molecule has 1 saturated heterocycles. The Morgan fingerprint density at radius 3 is 3.19 bits per heavy atom. The number of aromatic nitrogens is 3. The van der Waals surface area contributed by atoms with Crippen LogP contribution in [0.2, 0.25) is 0 Å². The van der Waals surface area contributed by atoms with Crippen LogP contribution < -0.4 is 0 Å². The molecule has 3 rings (SSSR count). The van der Waals surface area contributed by atoms with Gasteiger partial charge in [0.15, 0.2) is 0 Å². The highest BCUT2D eigenvalue weighted by atomic mass is 32.1. The molecule has 1 unspecified atom stereocenters. The third-order valence-corrected chi connectivity index (χ3v) is 4.76. The van der Waals surface area contributed by atoms with E-state index in [9.17, 15) is 4.79 Å². The van der Waals surface area contributed by atoms with Gasteiger partial charge in [-0.05, 0) is 38.2 Å². The number of thiazole rings is 1. The maximum atomic E-state index is 12.4. The minimum Gasteiger partial charge on any atom is -0.342 e. The molecule has 2 aromatic heterocycles. The largest absolute Gasteiger partial charge is 0.342 e. The number of hydrogen-bond acceptors (Lipinski definition) is 4. The molecule has 0 aromatic carbocycles. The van der Waals surface area contributed by atoms with Gasteiger partial charge in [-0.1, -0.05) is 0 Å². The number of carbonyl (C=O) groups excluding carboxylic acids is 1. The Labute approximate surface area is 128 Å². The molecule has 1 aliphatic heterocycles. The van der Waals surface area contributed by atoms with E-state index in [-0.39, 0.29) is 5.91 Å². The van der Waals surface area contributed by atoms with E-state index >= 15 is 0 Å². The van der Waals surface area contributed by atoms with Crippen LogP contribution in [0.25, 0.3) is 0 Å². The predicted octanol–water partition coefficient (Wildman–Crippen LogP) is 2.20. The molecule has 2 aromatic rings. The summed E-state index contributed by atoms with van der Waals surface area (Å²) < 4.78 is 0. The van der Waals surface area contributed by atoms with Gasteiger partial charge in [0.1, 0.15) is 0 Å². The lowest BCUT2D eigenvalue weighted by molar-refractivity contribution is -0.132. The van der Waals surface area contributed by atoms with Gasteiger partial charge >= 0.3 is 0 Å². The van der Waals surface area contributed by atoms with Crippen LogP contribution >= 0.6 is 11.3 Å². The van der Waals surface area contributed by atoms with Crippen molar-refractivity contribution in [3.63, 3.8) is 0 Å². The molecule has 1 N–H and O–H groups in total. The second-order valence-corrected chi connectivity index (χ2v) is 6.73. The van der Waals surface area contributed by atoms with Crippen molar-refractivity contribution < 1.29 is 4.79 Å². The van der Waals surface area contributed by atoms with Crippen LogP contribution in [0.4, 0.5) is 0 Å². The van der Waals surface area contributed by atoms with Gasteiger partial charge in [0.05, 0.1) is 17.1 Å². The molecular weight excluding hydrogens is 284 g/mol. The maximum absolute atomic E-state index is 12.4. The zero-order valence-corrected chi connectivity index (χ0v) is 13.0. The molecule has 1 aliphatic rings. The number of hydrogen-bond donors (Lipinski definition) is 1. The summed E-state index contributed by atoms with van der Waals surface area (Å²) in [5.74, 6) is 0.731. The summed E-state index contributed by atoms with van der Waals surface area (Å²) >= 11 is 1.60. The van der Waals surface area contributed by atoms with Gasteiger partial charge in [0, 0.05) is 30.4 Å². The fourth-order valence-corrected chi connectivity index (χ4v) is 3.54. The number of nitrogens with one attached hydrogen (secondary N) is 1. The fraction of sp³-hybridized carbons (Fsp3) is 0.533. The Morgan fingerprint density at radius 1 is 1.57 bits per heavy atom. The number of piperidine rings is 1. The summed E-state index contributed by atoms with van der Waals surface area (Å²) in [4.78, 5) is 18.8. The first-order chi connectivity index (χ1) is 10.2. The zero-order valence-electron chi connectivity index (χ0n) is 12.2. The second kappa shape index (κ2) is 6.39. The molecule has 1 amide bonds. The molecule has 0 saturated carbocycles. The summed E-state index contributed by atoms with van der Waals surface area (Å²) in [7, 11) is 0. The van der Waals surface area contributed by atoms with E-state index in [0.29, 0.717) is 12.3 Å². The molecule has 112 valence electrons. The van der Waals surface area contributed by atoms with Crippen molar-refractivity contribution in [3.8, 4) is 0 Å². The molecule has 1 atom stereocenters. The summed E-state index contributed by atoms with van der Waals surface area (Å²) in [6.45, 7) is 3.70. The molecule has 3 heterocycles. The van der Waals surface area contributed by atoms with E-state index in [2.05, 4.69) is 15.2 Å². The Bertz CT molecular complexity index is 593. The first-order valence-corrected chi connectivity index (χ1v) is 8.25. The van der Waals surface area contributed by atoms with Crippen molar-refractivity contribution in [2.24, 2.45) is 5.92 Å². The molecule has 5 nitrogen and oxygen atoms in total. The van der Waals surface area contributed by atoms with Gasteiger partial charge in [0.2, 0.25) is 5.91 Å². The van der Waals surface area contributed by atoms with Gasteiger partial charge in [-0.25, -0.2) is 4.98 Å². The van der Waals surface area contributed by atoms with Crippen LogP contribution in [0.15, 0.2) is 17.6 Å². The van der Waals surface area contributed by atoms with Crippen LogP contribution in [0.3, 0.4) is 0 Å². The van der Waals surface area contributed by atoms with Crippen molar-refractivity contribution in [2.45, 2.75) is 32.6 Å². The van der Waals surface area contributed by atoms with Gasteiger partial charge in [-0.2, -0.15) is 5.10 Å². The first kappa shape index (κ1) is 14.3. The lowest BCUT2D eigenvalue weighted by Gasteiger charge is -2.32. The second-order valence-electron chi connectivity index (χ2n) is 5.67. The van der Waals surface area contributed by atoms with Gasteiger partial charge in [-0.3, -0.25) is 9.89 Å². The molecule has 21 heavy (non-hydrogen) atoms. The fourth-order valence-electron chi connectivity index (χ4n) is 2.92. The average molecular weight is 304 g/mol. The number of likely N-dealkylation sites (tertiary alicyclic amines) is 1. The summed E-state index contributed by atoms with van der Waals surface area (Å²) in [5, 5.41) is 10.0. The zero-order chi connectivity index (χ0) is 14.7. The lowest BCUT2D eigenvalue weighted by Crippen LogP contribution is -2.41. The highest BCUT2D eigenvalue weighted by molar-refractivity contribution is 7.09. The normalized spacial score (nSPS) is 18.9. The molecule has 0 aliphatic carbocycles. The van der Waals surface area contributed by atoms with Crippen LogP contribution in [-0.2, 0) is 17.6 Å². The van der Waals surface area contributed by atoms with E-state index in [0.717, 1.165) is 42.3 Å². The average Bonchev–Trinajstić information content (AvgIpc) is 3.11. The van der Waals surface area contributed by atoms with Gasteiger partial charge in [0.25, 0.3) is 0 Å². The first-order valence-electron chi connectivity index (χ1n) is 7.38. The Kier molecular flexibility index (Phi) is 4.34. The Balaban J connectivity index is 1.56. The third-order valence-electron chi connectivity index (χ3n) is 3.94. The molecule has 1 fully saturated rings. The van der Waals surface area contributed by atoms with E-state index in [1.165, 1.54) is 6.42 Å². The topological polar surface area (TPSA) is 61.9 Å². The molecular formula is C15H20N4OS. The smallest absolute Gasteiger partial charge is 0.228 e. The lowest BCUT2D eigenvalue weighted by atomic mass is 9.93. The predicted molar refractivity (Wildman–Crippen MR) is 82.2 cm³/mol. The number of aromatic amines is 1. The minimum atomic E-state index is 0.203. The van der Waals surface area contributed by atoms with Crippen LogP contribution in [0.5, 0.6) is 0 Å². The summed E-state index contributed by atoms with van der Waals surface area (Å²) in [6, 6.07) is 2.01. The van der Waals surface area contributed by atoms with Crippen LogP contribution in [0.1, 0.15) is 29.2 Å². The standard InChI is InChI=1S/C15H20N4OS/c1-11-17-14(10-21-11)8-15(20)19-6-2-3-12(9-19)7-13-4-5-16-18-13/h4-5,10,12H,2-3,6-9H2,1H3,(H,16,18). The summed E-state index contributed by atoms with van der Waals surface area (Å²) in [6.07, 6.45) is 5.45.